The van der Waals surface area contributed by atoms with E-state index in [4.69, 9.17) is 16.7 Å². The lowest BCUT2D eigenvalue weighted by molar-refractivity contribution is 0.311. The molecule has 0 saturated carbocycles. The Balaban J connectivity index is 2.64. The molecule has 0 saturated heterocycles. The molecule has 3 N–H and O–H groups in total. The normalized spacial score (nSPS) is 10.2. The van der Waals surface area contributed by atoms with E-state index in [1.165, 1.54) is 0 Å². The quantitative estimate of drug-likeness (QED) is 0.663. The van der Waals surface area contributed by atoms with E-state index < -0.39 is 0 Å². The van der Waals surface area contributed by atoms with Gasteiger partial charge in [-0.15, -0.1) is 0 Å². The summed E-state index contributed by atoms with van der Waals surface area (Å²) in [5.41, 5.74) is 0. The molecule has 5 heteroatoms. The van der Waals surface area contributed by atoms with Gasteiger partial charge in [0.1, 0.15) is 5.82 Å². The van der Waals surface area contributed by atoms with Crippen LogP contribution in [0.15, 0.2) is 0 Å². The van der Waals surface area contributed by atoms with E-state index in [1.54, 1.807) is 0 Å². The van der Waals surface area contributed by atoms with Gasteiger partial charge in [0, 0.05) is 13.0 Å². The van der Waals surface area contributed by atoms with Gasteiger partial charge in [0.15, 0.2) is 11.0 Å². The number of aryl methyl sites for hydroxylation is 1. The van der Waals surface area contributed by atoms with Crippen LogP contribution in [0, 0.1) is 0 Å². The van der Waals surface area contributed by atoms with E-state index in [-0.39, 0.29) is 6.61 Å². The Morgan fingerprint density at radius 2 is 2.42 bits per heavy atom. The summed E-state index contributed by atoms with van der Waals surface area (Å²) in [7, 11) is 0. The molecule has 0 amide bonds. The van der Waals surface area contributed by atoms with Crippen molar-refractivity contribution < 1.29 is 5.11 Å². The van der Waals surface area contributed by atoms with Gasteiger partial charge >= 0.3 is 0 Å². The van der Waals surface area contributed by atoms with Crippen molar-refractivity contribution in [3.05, 3.63) is 11.0 Å². The van der Waals surface area contributed by atoms with E-state index in [1.807, 2.05) is 6.92 Å². The molecular weight excluding hydrogens is 178 g/mol. The number of H-pyrrole nitrogens is 1. The predicted molar refractivity (Wildman–Crippen MR) is 48.6 cm³/mol. The number of aromatic nitrogens is 2. The molecule has 0 radical (unpaired) electrons. The summed E-state index contributed by atoms with van der Waals surface area (Å²) in [6.07, 6.45) is 0.820. The lowest BCUT2D eigenvalue weighted by atomic mass is 10.5. The molecular formula is C7H12ClN3O. The first-order chi connectivity index (χ1) is 5.77. The summed E-state index contributed by atoms with van der Waals surface area (Å²) < 4.78 is 0. The molecule has 4 nitrogen and oxygen atoms in total. The Morgan fingerprint density at radius 3 is 2.92 bits per heavy atom. The zero-order chi connectivity index (χ0) is 8.97. The van der Waals surface area contributed by atoms with Crippen LogP contribution in [0.5, 0.6) is 0 Å². The number of nitrogens with zero attached hydrogens (tertiary/aromatic N) is 1. The van der Waals surface area contributed by atoms with Gasteiger partial charge in [0.05, 0.1) is 6.61 Å². The molecule has 68 valence electrons. The van der Waals surface area contributed by atoms with E-state index >= 15 is 0 Å². The van der Waals surface area contributed by atoms with Gasteiger partial charge in [-0.25, -0.2) is 4.98 Å². The van der Waals surface area contributed by atoms with Crippen LogP contribution in [0.4, 0.5) is 5.82 Å². The van der Waals surface area contributed by atoms with Crippen molar-refractivity contribution >= 4 is 17.4 Å². The third-order valence-electron chi connectivity index (χ3n) is 1.45. The average molecular weight is 190 g/mol. The highest BCUT2D eigenvalue weighted by Gasteiger charge is 2.04. The Labute approximate surface area is 76.0 Å². The monoisotopic (exact) mass is 189 g/mol. The van der Waals surface area contributed by atoms with E-state index in [0.29, 0.717) is 17.5 Å². The summed E-state index contributed by atoms with van der Waals surface area (Å²) in [6.45, 7) is 2.53. The van der Waals surface area contributed by atoms with Crippen LogP contribution in [0.25, 0.3) is 0 Å². The first kappa shape index (κ1) is 9.35. The van der Waals surface area contributed by atoms with Gasteiger partial charge < -0.3 is 15.4 Å². The average Bonchev–Trinajstić information content (AvgIpc) is 2.43. The summed E-state index contributed by atoms with van der Waals surface area (Å²) in [4.78, 5) is 7.07. The van der Waals surface area contributed by atoms with Crippen molar-refractivity contribution in [2.75, 3.05) is 18.5 Å². The minimum Gasteiger partial charge on any atom is -0.395 e. The summed E-state index contributed by atoms with van der Waals surface area (Å²) in [6, 6.07) is 0. The number of aliphatic hydroxyl groups excluding tert-OH is 1. The molecule has 0 aromatic carbocycles. The third kappa shape index (κ3) is 2.12. The zero-order valence-electron chi connectivity index (χ0n) is 6.89. The summed E-state index contributed by atoms with van der Waals surface area (Å²) in [5, 5.41) is 11.9. The van der Waals surface area contributed by atoms with Crippen LogP contribution in [0.3, 0.4) is 0 Å². The van der Waals surface area contributed by atoms with E-state index in [2.05, 4.69) is 15.3 Å². The largest absolute Gasteiger partial charge is 0.395 e. The number of hydrogen-bond acceptors (Lipinski definition) is 3. The number of halogens is 1. The number of hydrogen-bond donors (Lipinski definition) is 3. The molecule has 12 heavy (non-hydrogen) atoms. The molecule has 0 bridgehead atoms. The van der Waals surface area contributed by atoms with Crippen molar-refractivity contribution in [2.45, 2.75) is 13.3 Å². The van der Waals surface area contributed by atoms with Gasteiger partial charge in [0.25, 0.3) is 0 Å². The van der Waals surface area contributed by atoms with Gasteiger partial charge in [-0.05, 0) is 0 Å². The number of nitrogens with one attached hydrogen (secondary N) is 2. The second kappa shape index (κ2) is 4.33. The predicted octanol–water partition coefficient (Wildman–Crippen LogP) is 1.03. The fraction of sp³-hybridized carbons (Fsp3) is 0.571. The van der Waals surface area contributed by atoms with Gasteiger partial charge in [0.2, 0.25) is 0 Å². The number of aromatic amines is 1. The van der Waals surface area contributed by atoms with Crippen LogP contribution in [0.1, 0.15) is 12.7 Å². The second-order valence-corrected chi connectivity index (χ2v) is 2.73. The van der Waals surface area contributed by atoms with Crippen LogP contribution in [0.2, 0.25) is 5.15 Å². The summed E-state index contributed by atoms with van der Waals surface area (Å²) >= 11 is 5.80. The lowest BCUT2D eigenvalue weighted by Crippen LogP contribution is -2.05. The summed E-state index contributed by atoms with van der Waals surface area (Å²) in [5.74, 6) is 1.46. The maximum Gasteiger partial charge on any atom is 0.163 e. The topological polar surface area (TPSA) is 60.9 Å². The molecule has 0 aliphatic carbocycles. The number of rotatable bonds is 4. The van der Waals surface area contributed by atoms with E-state index in [0.717, 1.165) is 12.2 Å². The minimum absolute atomic E-state index is 0.0741. The molecule has 0 spiro atoms. The number of aliphatic hydroxyl groups is 1. The Hall–Kier alpha value is -0.740. The number of anilines is 1. The number of imidazole rings is 1. The lowest BCUT2D eigenvalue weighted by Gasteiger charge is -1.98. The van der Waals surface area contributed by atoms with Gasteiger partial charge in [-0.1, -0.05) is 18.5 Å². The molecule has 1 rings (SSSR count). The molecule has 1 aromatic heterocycles. The highest BCUT2D eigenvalue weighted by atomic mass is 35.5. The van der Waals surface area contributed by atoms with Crippen molar-refractivity contribution in [1.29, 1.82) is 0 Å². The van der Waals surface area contributed by atoms with Crippen LogP contribution in [-0.4, -0.2) is 28.2 Å². The molecule has 0 atom stereocenters. The van der Waals surface area contributed by atoms with Crippen molar-refractivity contribution in [2.24, 2.45) is 0 Å². The van der Waals surface area contributed by atoms with Crippen molar-refractivity contribution in [3.63, 3.8) is 0 Å². The van der Waals surface area contributed by atoms with Crippen LogP contribution >= 0.6 is 11.6 Å². The maximum absolute atomic E-state index is 8.54. The Morgan fingerprint density at radius 1 is 1.67 bits per heavy atom. The van der Waals surface area contributed by atoms with Gasteiger partial charge in [-0.2, -0.15) is 0 Å². The standard InChI is InChI=1S/C7H12ClN3O/c1-2-5-10-6(8)7(11-5)9-3-4-12/h9,12H,2-4H2,1H3,(H,10,11). The van der Waals surface area contributed by atoms with Crippen LogP contribution in [-0.2, 0) is 6.42 Å². The van der Waals surface area contributed by atoms with E-state index in [9.17, 15) is 0 Å². The molecule has 0 fully saturated rings. The second-order valence-electron chi connectivity index (χ2n) is 2.35. The van der Waals surface area contributed by atoms with Crippen molar-refractivity contribution in [3.8, 4) is 0 Å². The fourth-order valence-corrected chi connectivity index (χ4v) is 1.07. The molecule has 0 aliphatic rings. The van der Waals surface area contributed by atoms with Crippen LogP contribution < -0.4 is 5.32 Å². The molecule has 0 unspecified atom stereocenters. The smallest absolute Gasteiger partial charge is 0.163 e. The van der Waals surface area contributed by atoms with Crippen molar-refractivity contribution in [1.82, 2.24) is 9.97 Å². The van der Waals surface area contributed by atoms with Gasteiger partial charge in [-0.3, -0.25) is 0 Å². The SMILES string of the molecule is CCc1nc(NCCO)c(Cl)[nH]1. The highest BCUT2D eigenvalue weighted by molar-refractivity contribution is 6.31. The molecule has 1 heterocycles. The third-order valence-corrected chi connectivity index (χ3v) is 1.72. The molecule has 1 aromatic rings. The first-order valence-corrected chi connectivity index (χ1v) is 4.24. The maximum atomic E-state index is 8.54. The molecule has 0 aliphatic heterocycles. The first-order valence-electron chi connectivity index (χ1n) is 3.87. The zero-order valence-corrected chi connectivity index (χ0v) is 7.65. The Kier molecular flexibility index (Phi) is 3.37. The highest BCUT2D eigenvalue weighted by Crippen LogP contribution is 2.17. The fourth-order valence-electron chi connectivity index (χ4n) is 0.857. The Bertz CT molecular complexity index is 249. The minimum atomic E-state index is 0.0741.